The van der Waals surface area contributed by atoms with Crippen molar-refractivity contribution in [3.8, 4) is 0 Å². The summed E-state index contributed by atoms with van der Waals surface area (Å²) in [6, 6.07) is 0. The van der Waals surface area contributed by atoms with E-state index in [9.17, 15) is 0 Å². The zero-order valence-corrected chi connectivity index (χ0v) is 10.6. The lowest BCUT2D eigenvalue weighted by atomic mass is 9.97. The van der Waals surface area contributed by atoms with Gasteiger partial charge in [-0.3, -0.25) is 4.68 Å². The van der Waals surface area contributed by atoms with E-state index in [1.807, 2.05) is 13.2 Å². The van der Waals surface area contributed by atoms with E-state index in [0.29, 0.717) is 5.92 Å². The van der Waals surface area contributed by atoms with Gasteiger partial charge in [0, 0.05) is 20.1 Å². The van der Waals surface area contributed by atoms with Crippen LogP contribution in [0.1, 0.15) is 12.8 Å². The van der Waals surface area contributed by atoms with Gasteiger partial charge in [0.1, 0.15) is 12.1 Å². The van der Waals surface area contributed by atoms with Gasteiger partial charge in [-0.15, -0.1) is 0 Å². The molecule has 6 heteroatoms. The van der Waals surface area contributed by atoms with Gasteiger partial charge in [-0.1, -0.05) is 0 Å². The first kappa shape index (κ1) is 11.4. The van der Waals surface area contributed by atoms with Gasteiger partial charge < -0.3 is 10.6 Å². The van der Waals surface area contributed by atoms with E-state index >= 15 is 0 Å². The number of hydrogen-bond acceptors (Lipinski definition) is 5. The van der Waals surface area contributed by atoms with Crippen molar-refractivity contribution >= 4 is 16.9 Å². The minimum absolute atomic E-state index is 0.660. The predicted octanol–water partition coefficient (Wildman–Crippen LogP) is 0.538. The van der Waals surface area contributed by atoms with E-state index in [1.165, 1.54) is 0 Å². The Morgan fingerprint density at radius 2 is 2.11 bits per heavy atom. The zero-order valence-electron chi connectivity index (χ0n) is 10.6. The van der Waals surface area contributed by atoms with Crippen LogP contribution in [0.3, 0.4) is 0 Å². The van der Waals surface area contributed by atoms with E-state index < -0.39 is 0 Å². The van der Waals surface area contributed by atoms with Crippen molar-refractivity contribution in [2.45, 2.75) is 12.8 Å². The topological polar surface area (TPSA) is 72.9 Å². The van der Waals surface area contributed by atoms with Gasteiger partial charge in [0.2, 0.25) is 0 Å². The molecule has 2 aromatic rings. The number of nitrogens with two attached hydrogens (primary N) is 1. The molecule has 1 saturated heterocycles. The molecule has 3 rings (SSSR count). The second-order valence-electron chi connectivity index (χ2n) is 4.87. The monoisotopic (exact) mass is 246 g/mol. The molecule has 18 heavy (non-hydrogen) atoms. The summed E-state index contributed by atoms with van der Waals surface area (Å²) in [6.45, 7) is 2.83. The molecule has 0 atom stereocenters. The minimum atomic E-state index is 0.660. The quantitative estimate of drug-likeness (QED) is 0.837. The molecule has 2 aromatic heterocycles. The molecule has 3 heterocycles. The molecule has 1 aliphatic rings. The maximum Gasteiger partial charge on any atom is 0.163 e. The molecule has 6 nitrogen and oxygen atoms in total. The molecular formula is C12H18N6. The number of aryl methyl sites for hydroxylation is 1. The first-order valence-corrected chi connectivity index (χ1v) is 6.37. The van der Waals surface area contributed by atoms with Crippen LogP contribution in [0.2, 0.25) is 0 Å². The molecule has 2 N–H and O–H groups in total. The molecular weight excluding hydrogens is 228 g/mol. The summed E-state index contributed by atoms with van der Waals surface area (Å²) < 4.78 is 1.78. The molecule has 0 aliphatic carbocycles. The van der Waals surface area contributed by atoms with Crippen molar-refractivity contribution in [1.29, 1.82) is 0 Å². The largest absolute Gasteiger partial charge is 0.356 e. The Labute approximate surface area is 106 Å². The van der Waals surface area contributed by atoms with Crippen LogP contribution in [0, 0.1) is 5.92 Å². The van der Waals surface area contributed by atoms with Gasteiger partial charge in [-0.05, 0) is 25.3 Å². The van der Waals surface area contributed by atoms with Gasteiger partial charge in [-0.2, -0.15) is 5.10 Å². The number of nitrogens with zero attached hydrogens (tertiary/aromatic N) is 5. The lowest BCUT2D eigenvalue weighted by Gasteiger charge is -2.32. The molecule has 0 bridgehead atoms. The van der Waals surface area contributed by atoms with Crippen LogP contribution >= 0.6 is 0 Å². The number of aromatic nitrogens is 4. The summed E-state index contributed by atoms with van der Waals surface area (Å²) in [5.74, 6) is 1.66. The standard InChI is InChI=1S/C12H18N6/c1-17-11-10(7-16-17)12(15-8-14-11)18-4-2-9(6-13)3-5-18/h7-9H,2-6,13H2,1H3. The Bertz CT molecular complexity index is 540. The Balaban J connectivity index is 1.91. The Hall–Kier alpha value is -1.69. The van der Waals surface area contributed by atoms with Gasteiger partial charge in [-0.25, -0.2) is 9.97 Å². The van der Waals surface area contributed by atoms with Crippen LogP contribution in [0.25, 0.3) is 11.0 Å². The van der Waals surface area contributed by atoms with Crippen LogP contribution in [-0.4, -0.2) is 39.4 Å². The van der Waals surface area contributed by atoms with E-state index in [4.69, 9.17) is 5.73 Å². The zero-order chi connectivity index (χ0) is 12.5. The highest BCUT2D eigenvalue weighted by Gasteiger charge is 2.21. The van der Waals surface area contributed by atoms with E-state index in [-0.39, 0.29) is 0 Å². The van der Waals surface area contributed by atoms with Crippen molar-refractivity contribution in [3.05, 3.63) is 12.5 Å². The second kappa shape index (κ2) is 4.53. The number of anilines is 1. The molecule has 0 aromatic carbocycles. The van der Waals surface area contributed by atoms with Crippen LogP contribution in [-0.2, 0) is 7.05 Å². The lowest BCUT2D eigenvalue weighted by Crippen LogP contribution is -2.36. The summed E-state index contributed by atoms with van der Waals surface area (Å²) in [4.78, 5) is 11.0. The van der Waals surface area contributed by atoms with Crippen LogP contribution in [0.4, 0.5) is 5.82 Å². The van der Waals surface area contributed by atoms with Crippen molar-refractivity contribution in [1.82, 2.24) is 19.7 Å². The van der Waals surface area contributed by atoms with Crippen LogP contribution in [0.5, 0.6) is 0 Å². The van der Waals surface area contributed by atoms with Gasteiger partial charge in [0.25, 0.3) is 0 Å². The molecule has 0 amide bonds. The summed E-state index contributed by atoms with van der Waals surface area (Å²) in [5.41, 5.74) is 6.61. The molecule has 0 radical (unpaired) electrons. The van der Waals surface area contributed by atoms with Crippen molar-refractivity contribution < 1.29 is 0 Å². The summed E-state index contributed by atoms with van der Waals surface area (Å²) in [7, 11) is 1.90. The average Bonchev–Trinajstić information content (AvgIpc) is 2.81. The van der Waals surface area contributed by atoms with Crippen molar-refractivity contribution in [2.24, 2.45) is 18.7 Å². The van der Waals surface area contributed by atoms with E-state index in [2.05, 4.69) is 20.0 Å². The molecule has 0 unspecified atom stereocenters. The number of rotatable bonds is 2. The second-order valence-corrected chi connectivity index (χ2v) is 4.87. The summed E-state index contributed by atoms with van der Waals surface area (Å²) in [6.07, 6.45) is 5.75. The van der Waals surface area contributed by atoms with Gasteiger partial charge in [0.05, 0.1) is 11.6 Å². The Kier molecular flexibility index (Phi) is 2.87. The third kappa shape index (κ3) is 1.82. The van der Waals surface area contributed by atoms with Crippen LogP contribution < -0.4 is 10.6 Å². The lowest BCUT2D eigenvalue weighted by molar-refractivity contribution is 0.413. The average molecular weight is 246 g/mol. The third-order valence-electron chi connectivity index (χ3n) is 3.76. The Morgan fingerprint density at radius 1 is 1.33 bits per heavy atom. The Morgan fingerprint density at radius 3 is 2.83 bits per heavy atom. The number of piperidine rings is 1. The van der Waals surface area contributed by atoms with Gasteiger partial charge >= 0.3 is 0 Å². The molecule has 1 fully saturated rings. The third-order valence-corrected chi connectivity index (χ3v) is 3.76. The highest BCUT2D eigenvalue weighted by Crippen LogP contribution is 2.26. The highest BCUT2D eigenvalue weighted by molar-refractivity contribution is 5.86. The maximum absolute atomic E-state index is 5.72. The molecule has 96 valence electrons. The molecule has 0 spiro atoms. The summed E-state index contributed by atoms with van der Waals surface area (Å²) in [5, 5.41) is 5.28. The maximum atomic E-state index is 5.72. The number of fused-ring (bicyclic) bond motifs is 1. The predicted molar refractivity (Wildman–Crippen MR) is 70.3 cm³/mol. The number of hydrogen-bond donors (Lipinski definition) is 1. The normalized spacial score (nSPS) is 17.6. The molecule has 1 aliphatic heterocycles. The minimum Gasteiger partial charge on any atom is -0.356 e. The highest BCUT2D eigenvalue weighted by atomic mass is 15.3. The fraction of sp³-hybridized carbons (Fsp3) is 0.583. The van der Waals surface area contributed by atoms with E-state index in [0.717, 1.165) is 49.3 Å². The van der Waals surface area contributed by atoms with E-state index in [1.54, 1.807) is 11.0 Å². The summed E-state index contributed by atoms with van der Waals surface area (Å²) >= 11 is 0. The van der Waals surface area contributed by atoms with Crippen molar-refractivity contribution in [2.75, 3.05) is 24.5 Å². The fourth-order valence-corrected chi connectivity index (χ4v) is 2.58. The smallest absolute Gasteiger partial charge is 0.163 e. The molecule has 0 saturated carbocycles. The van der Waals surface area contributed by atoms with Crippen LogP contribution in [0.15, 0.2) is 12.5 Å². The van der Waals surface area contributed by atoms with Gasteiger partial charge in [0.15, 0.2) is 5.65 Å². The first-order valence-electron chi connectivity index (χ1n) is 6.37. The van der Waals surface area contributed by atoms with Crippen molar-refractivity contribution in [3.63, 3.8) is 0 Å². The fourth-order valence-electron chi connectivity index (χ4n) is 2.58. The SMILES string of the molecule is Cn1ncc2c(N3CCC(CN)CC3)ncnc21. The first-order chi connectivity index (χ1) is 8.79.